The van der Waals surface area contributed by atoms with Crippen LogP contribution in [0.5, 0.6) is 5.75 Å². The second kappa shape index (κ2) is 10.8. The maximum atomic E-state index is 13.0. The maximum absolute atomic E-state index is 13.0. The highest BCUT2D eigenvalue weighted by Gasteiger charge is 2.26. The minimum Gasteiger partial charge on any atom is -0.493 e. The van der Waals surface area contributed by atoms with Gasteiger partial charge < -0.3 is 15.4 Å². The summed E-state index contributed by atoms with van der Waals surface area (Å²) in [5, 5.41) is 6.07. The van der Waals surface area contributed by atoms with Crippen LogP contribution in [0.25, 0.3) is 5.69 Å². The Morgan fingerprint density at radius 1 is 1.11 bits per heavy atom. The van der Waals surface area contributed by atoms with Crippen molar-refractivity contribution in [2.45, 2.75) is 34.1 Å². The molecule has 8 nitrogen and oxygen atoms in total. The number of amides is 2. The van der Waals surface area contributed by atoms with Gasteiger partial charge in [-0.15, -0.1) is 0 Å². The van der Waals surface area contributed by atoms with E-state index < -0.39 is 5.41 Å². The second-order valence-corrected chi connectivity index (χ2v) is 9.52. The number of nitrogens with zero attached hydrogens (tertiary/aromatic N) is 2. The van der Waals surface area contributed by atoms with E-state index in [1.807, 2.05) is 51.1 Å². The van der Waals surface area contributed by atoms with Gasteiger partial charge in [0, 0.05) is 25.0 Å². The van der Waals surface area contributed by atoms with Gasteiger partial charge in [-0.05, 0) is 49.6 Å². The standard InChI is InChI=1S/C26H31ClN4O4/c1-6-35-21-13-12-18(27)14-20(21)24(33)28-16-26(3,4)15-22(32)29-23-17(2)30(5)31(25(23)34)19-10-8-7-9-11-19/h7-14H,6,15-16H2,1-5H3,(H,28,33)(H,29,32). The third-order valence-electron chi connectivity index (χ3n) is 5.67. The van der Waals surface area contributed by atoms with Gasteiger partial charge in [-0.1, -0.05) is 43.6 Å². The van der Waals surface area contributed by atoms with Gasteiger partial charge in [-0.25, -0.2) is 4.68 Å². The molecule has 35 heavy (non-hydrogen) atoms. The average molecular weight is 499 g/mol. The van der Waals surface area contributed by atoms with Crippen molar-refractivity contribution < 1.29 is 14.3 Å². The van der Waals surface area contributed by atoms with Crippen LogP contribution in [0.4, 0.5) is 5.69 Å². The Hall–Kier alpha value is -3.52. The minimum absolute atomic E-state index is 0.0975. The van der Waals surface area contributed by atoms with Gasteiger partial charge in [0.25, 0.3) is 11.5 Å². The van der Waals surface area contributed by atoms with Crippen LogP contribution in [0, 0.1) is 12.3 Å². The molecule has 0 bridgehead atoms. The number of ether oxygens (including phenoxy) is 1. The van der Waals surface area contributed by atoms with E-state index in [1.165, 1.54) is 4.68 Å². The summed E-state index contributed by atoms with van der Waals surface area (Å²) in [5.74, 6) is -0.207. The zero-order valence-corrected chi connectivity index (χ0v) is 21.4. The van der Waals surface area contributed by atoms with Crippen LogP contribution in [0.2, 0.25) is 5.02 Å². The third kappa shape index (κ3) is 6.14. The van der Waals surface area contributed by atoms with Crippen molar-refractivity contribution in [1.82, 2.24) is 14.7 Å². The van der Waals surface area contributed by atoms with Crippen molar-refractivity contribution >= 4 is 29.1 Å². The molecule has 9 heteroatoms. The van der Waals surface area contributed by atoms with Crippen molar-refractivity contribution in [3.05, 3.63) is 75.2 Å². The molecule has 0 saturated heterocycles. The summed E-state index contributed by atoms with van der Waals surface area (Å²) in [6, 6.07) is 14.1. The minimum atomic E-state index is -0.578. The fourth-order valence-corrected chi connectivity index (χ4v) is 3.94. The van der Waals surface area contributed by atoms with Crippen molar-refractivity contribution in [2.24, 2.45) is 12.5 Å². The first kappa shape index (κ1) is 26.1. The molecule has 0 unspecified atom stereocenters. The van der Waals surface area contributed by atoms with Gasteiger partial charge in [0.05, 0.1) is 23.6 Å². The molecule has 3 aromatic rings. The van der Waals surface area contributed by atoms with Crippen molar-refractivity contribution in [3.8, 4) is 11.4 Å². The molecule has 0 radical (unpaired) electrons. The summed E-state index contributed by atoms with van der Waals surface area (Å²) in [4.78, 5) is 38.7. The summed E-state index contributed by atoms with van der Waals surface area (Å²) in [7, 11) is 1.77. The first-order valence-electron chi connectivity index (χ1n) is 11.4. The number of hydrogen-bond donors (Lipinski definition) is 2. The van der Waals surface area contributed by atoms with Gasteiger partial charge in [0.15, 0.2) is 0 Å². The zero-order chi connectivity index (χ0) is 25.8. The fourth-order valence-electron chi connectivity index (χ4n) is 3.77. The number of nitrogens with one attached hydrogen (secondary N) is 2. The molecule has 0 aliphatic rings. The predicted molar refractivity (Wildman–Crippen MR) is 138 cm³/mol. The molecule has 0 fully saturated rings. The van der Waals surface area contributed by atoms with Crippen molar-refractivity contribution in [1.29, 1.82) is 0 Å². The normalized spacial score (nSPS) is 11.3. The molecule has 0 aliphatic carbocycles. The Morgan fingerprint density at radius 2 is 1.80 bits per heavy atom. The maximum Gasteiger partial charge on any atom is 0.295 e. The van der Waals surface area contributed by atoms with Crippen LogP contribution in [0.3, 0.4) is 0 Å². The lowest BCUT2D eigenvalue weighted by atomic mass is 9.88. The van der Waals surface area contributed by atoms with Gasteiger partial charge in [-0.3, -0.25) is 19.1 Å². The number of anilines is 1. The summed E-state index contributed by atoms with van der Waals surface area (Å²) in [6.07, 6.45) is 0.0975. The zero-order valence-electron chi connectivity index (χ0n) is 20.6. The van der Waals surface area contributed by atoms with Crippen molar-refractivity contribution in [2.75, 3.05) is 18.5 Å². The number of aromatic nitrogens is 2. The second-order valence-electron chi connectivity index (χ2n) is 9.08. The Bertz CT molecular complexity index is 1280. The molecule has 186 valence electrons. The molecule has 1 aromatic heterocycles. The van der Waals surface area contributed by atoms with E-state index in [0.717, 1.165) is 0 Å². The van der Waals surface area contributed by atoms with Gasteiger partial charge in [-0.2, -0.15) is 0 Å². The molecule has 0 atom stereocenters. The number of carbonyl (C=O) groups excluding carboxylic acids is 2. The molecule has 2 aromatic carbocycles. The van der Waals surface area contributed by atoms with E-state index in [-0.39, 0.29) is 36.0 Å². The SMILES string of the molecule is CCOc1ccc(Cl)cc1C(=O)NCC(C)(C)CC(=O)Nc1c(C)n(C)n(-c2ccccc2)c1=O. The molecule has 0 spiro atoms. The Balaban J connectivity index is 1.68. The quantitative estimate of drug-likeness (QED) is 0.459. The lowest BCUT2D eigenvalue weighted by Crippen LogP contribution is -2.36. The summed E-state index contributed by atoms with van der Waals surface area (Å²) < 4.78 is 8.74. The van der Waals surface area contributed by atoms with Crippen molar-refractivity contribution in [3.63, 3.8) is 0 Å². The van der Waals surface area contributed by atoms with E-state index in [2.05, 4.69) is 10.6 Å². The monoisotopic (exact) mass is 498 g/mol. The first-order valence-corrected chi connectivity index (χ1v) is 11.8. The molecule has 2 N–H and O–H groups in total. The van der Waals surface area contributed by atoms with Gasteiger partial charge in [0.2, 0.25) is 5.91 Å². The van der Waals surface area contributed by atoms with E-state index in [4.69, 9.17) is 16.3 Å². The van der Waals surface area contributed by atoms with Crippen LogP contribution in [0.1, 0.15) is 43.2 Å². The average Bonchev–Trinajstić information content (AvgIpc) is 3.02. The fraction of sp³-hybridized carbons (Fsp3) is 0.346. The van der Waals surface area contributed by atoms with E-state index >= 15 is 0 Å². The Kier molecular flexibility index (Phi) is 8.07. The number of carbonyl (C=O) groups is 2. The lowest BCUT2D eigenvalue weighted by Gasteiger charge is -2.24. The highest BCUT2D eigenvalue weighted by Crippen LogP contribution is 2.25. The van der Waals surface area contributed by atoms with E-state index in [9.17, 15) is 14.4 Å². The summed E-state index contributed by atoms with van der Waals surface area (Å²) >= 11 is 6.06. The number of para-hydroxylation sites is 1. The molecule has 2 amide bonds. The number of rotatable bonds is 9. The van der Waals surface area contributed by atoms with Gasteiger partial charge >= 0.3 is 0 Å². The molecule has 0 aliphatic heterocycles. The van der Waals surface area contributed by atoms with Crippen LogP contribution < -0.4 is 20.9 Å². The number of hydrogen-bond acceptors (Lipinski definition) is 4. The van der Waals surface area contributed by atoms with Gasteiger partial charge in [0.1, 0.15) is 11.4 Å². The Labute approximate surface area is 209 Å². The topological polar surface area (TPSA) is 94.4 Å². The predicted octanol–water partition coefficient (Wildman–Crippen LogP) is 4.32. The third-order valence-corrected chi connectivity index (χ3v) is 5.91. The molecule has 1 heterocycles. The number of benzene rings is 2. The summed E-state index contributed by atoms with van der Waals surface area (Å²) in [5.41, 5.74) is 1.04. The van der Waals surface area contributed by atoms with Crippen LogP contribution >= 0.6 is 11.6 Å². The number of halogens is 1. The largest absolute Gasteiger partial charge is 0.493 e. The first-order chi connectivity index (χ1) is 16.5. The smallest absolute Gasteiger partial charge is 0.295 e. The summed E-state index contributed by atoms with van der Waals surface area (Å²) in [6.45, 7) is 8.00. The molecular formula is C26H31ClN4O4. The highest BCUT2D eigenvalue weighted by atomic mass is 35.5. The highest BCUT2D eigenvalue weighted by molar-refractivity contribution is 6.31. The molecular weight excluding hydrogens is 468 g/mol. The molecule has 0 saturated carbocycles. The van der Waals surface area contributed by atoms with Crippen LogP contribution in [0.15, 0.2) is 53.3 Å². The molecule has 3 rings (SSSR count). The Morgan fingerprint density at radius 3 is 2.46 bits per heavy atom. The van der Waals surface area contributed by atoms with Crippen LogP contribution in [-0.4, -0.2) is 34.3 Å². The van der Waals surface area contributed by atoms with E-state index in [1.54, 1.807) is 36.9 Å². The van der Waals surface area contributed by atoms with E-state index in [0.29, 0.717) is 34.3 Å². The van der Waals surface area contributed by atoms with Crippen LogP contribution in [-0.2, 0) is 11.8 Å². The lowest BCUT2D eigenvalue weighted by molar-refractivity contribution is -0.118.